The van der Waals surface area contributed by atoms with Crippen LogP contribution in [0.5, 0.6) is 0 Å². The number of imidazole rings is 2. The van der Waals surface area contributed by atoms with Gasteiger partial charge in [-0.25, -0.2) is 9.97 Å². The molecule has 0 aliphatic rings. The molecule has 2 aromatic carbocycles. The van der Waals surface area contributed by atoms with Crippen LogP contribution in [0.1, 0.15) is 38.3 Å². The second kappa shape index (κ2) is 10.9. The molecule has 0 saturated carbocycles. The van der Waals surface area contributed by atoms with Gasteiger partial charge in [0.05, 0.1) is 22.1 Å². The molecule has 0 radical (unpaired) electrons. The Labute approximate surface area is 170 Å². The second-order valence-corrected chi connectivity index (χ2v) is 7.12. The lowest BCUT2D eigenvalue weighted by molar-refractivity contribution is 0.676. The van der Waals surface area contributed by atoms with Crippen molar-refractivity contribution in [3.63, 3.8) is 0 Å². The minimum absolute atomic E-state index is 0.973. The van der Waals surface area contributed by atoms with E-state index in [0.29, 0.717) is 0 Å². The Hall–Kier alpha value is -2.14. The van der Waals surface area contributed by atoms with Crippen LogP contribution in [0, 0.1) is 13.8 Å². The number of H-pyrrole nitrogens is 1. The standard InChI is InChI=1S/C11H14N2.C8H8N2.C3H7Br/c1-3-8-13-9(2)12-10-6-4-5-7-11(10)13;1-6-9-7-4-2-3-5-8(7)10-6;1-2-3-4/h4-7H,3,8H2,1-2H3;2-5H,1H3,(H,9,10);2-3H2,1H3. The van der Waals surface area contributed by atoms with E-state index in [9.17, 15) is 0 Å². The van der Waals surface area contributed by atoms with Gasteiger partial charge in [-0.05, 0) is 51.0 Å². The molecule has 27 heavy (non-hydrogen) atoms. The Balaban J connectivity index is 0.000000166. The summed E-state index contributed by atoms with van der Waals surface area (Å²) in [5.41, 5.74) is 4.51. The van der Waals surface area contributed by atoms with Crippen LogP contribution in [0.3, 0.4) is 0 Å². The molecule has 0 bridgehead atoms. The van der Waals surface area contributed by atoms with E-state index >= 15 is 0 Å². The maximum Gasteiger partial charge on any atom is 0.106 e. The second-order valence-electron chi connectivity index (χ2n) is 6.33. The van der Waals surface area contributed by atoms with Crippen molar-refractivity contribution >= 4 is 38.0 Å². The Morgan fingerprint density at radius 1 is 0.889 bits per heavy atom. The number of alkyl halides is 1. The molecule has 4 aromatic rings. The number of aryl methyl sites for hydroxylation is 3. The highest BCUT2D eigenvalue weighted by atomic mass is 79.9. The molecule has 0 spiro atoms. The number of nitrogens with one attached hydrogen (secondary N) is 1. The van der Waals surface area contributed by atoms with Crippen molar-refractivity contribution < 1.29 is 0 Å². The Bertz CT molecular complexity index is 920. The summed E-state index contributed by atoms with van der Waals surface area (Å²) in [6.07, 6.45) is 2.39. The fourth-order valence-corrected chi connectivity index (χ4v) is 2.78. The van der Waals surface area contributed by atoms with E-state index in [1.165, 1.54) is 11.9 Å². The number of halogens is 1. The molecular formula is C22H29BrN4. The zero-order valence-electron chi connectivity index (χ0n) is 16.7. The van der Waals surface area contributed by atoms with Gasteiger partial charge >= 0.3 is 0 Å². The molecule has 144 valence electrons. The van der Waals surface area contributed by atoms with Gasteiger partial charge in [0.2, 0.25) is 0 Å². The first-order valence-electron chi connectivity index (χ1n) is 9.49. The topological polar surface area (TPSA) is 46.5 Å². The lowest BCUT2D eigenvalue weighted by Gasteiger charge is -2.03. The fourth-order valence-electron chi connectivity index (χ4n) is 2.78. The van der Waals surface area contributed by atoms with Gasteiger partial charge in [0, 0.05) is 11.9 Å². The van der Waals surface area contributed by atoms with Crippen LogP contribution < -0.4 is 0 Å². The predicted molar refractivity (Wildman–Crippen MR) is 120 cm³/mol. The first-order chi connectivity index (χ1) is 13.1. The minimum atomic E-state index is 0.973. The third-order valence-electron chi connectivity index (χ3n) is 3.99. The number of rotatable bonds is 3. The van der Waals surface area contributed by atoms with Crippen molar-refractivity contribution in [2.75, 3.05) is 5.33 Å². The minimum Gasteiger partial charge on any atom is -0.342 e. The Morgan fingerprint density at radius 3 is 2.15 bits per heavy atom. The lowest BCUT2D eigenvalue weighted by atomic mass is 10.3. The summed E-state index contributed by atoms with van der Waals surface area (Å²) >= 11 is 3.25. The molecule has 4 rings (SSSR count). The summed E-state index contributed by atoms with van der Waals surface area (Å²) in [5.74, 6) is 2.09. The maximum absolute atomic E-state index is 4.49. The normalized spacial score (nSPS) is 10.3. The largest absolute Gasteiger partial charge is 0.342 e. The predicted octanol–water partition coefficient (Wildman–Crippen LogP) is 6.42. The van der Waals surface area contributed by atoms with E-state index in [0.717, 1.165) is 46.5 Å². The number of aromatic nitrogens is 4. The summed E-state index contributed by atoms with van der Waals surface area (Å²) in [7, 11) is 0. The molecule has 0 saturated heterocycles. The van der Waals surface area contributed by atoms with Crippen molar-refractivity contribution in [3.05, 3.63) is 60.2 Å². The van der Waals surface area contributed by atoms with Crippen molar-refractivity contribution in [2.24, 2.45) is 0 Å². The number of para-hydroxylation sites is 4. The molecule has 2 aromatic heterocycles. The van der Waals surface area contributed by atoms with Crippen LogP contribution in [-0.4, -0.2) is 24.8 Å². The number of benzene rings is 2. The third kappa shape index (κ3) is 5.93. The molecular weight excluding hydrogens is 400 g/mol. The van der Waals surface area contributed by atoms with Crippen LogP contribution in [0.4, 0.5) is 0 Å². The summed E-state index contributed by atoms with van der Waals surface area (Å²) < 4.78 is 2.27. The quantitative estimate of drug-likeness (QED) is 0.382. The van der Waals surface area contributed by atoms with Gasteiger partial charge < -0.3 is 9.55 Å². The molecule has 0 amide bonds. The van der Waals surface area contributed by atoms with E-state index in [1.807, 2.05) is 37.3 Å². The van der Waals surface area contributed by atoms with Crippen molar-refractivity contribution in [1.82, 2.24) is 19.5 Å². The zero-order chi connectivity index (χ0) is 19.6. The molecule has 1 N–H and O–H groups in total. The Kier molecular flexibility index (Phi) is 8.52. The highest BCUT2D eigenvalue weighted by molar-refractivity contribution is 9.09. The smallest absolute Gasteiger partial charge is 0.106 e. The number of aromatic amines is 1. The molecule has 4 nitrogen and oxygen atoms in total. The highest BCUT2D eigenvalue weighted by Crippen LogP contribution is 2.15. The van der Waals surface area contributed by atoms with Crippen LogP contribution in [0.15, 0.2) is 48.5 Å². The summed E-state index contributed by atoms with van der Waals surface area (Å²) in [6, 6.07) is 16.3. The summed E-state index contributed by atoms with van der Waals surface area (Å²) in [6.45, 7) is 9.41. The maximum atomic E-state index is 4.49. The van der Waals surface area contributed by atoms with Gasteiger partial charge in [-0.15, -0.1) is 0 Å². The number of hydrogen-bond donors (Lipinski definition) is 1. The van der Waals surface area contributed by atoms with Crippen molar-refractivity contribution in [1.29, 1.82) is 0 Å². The number of fused-ring (bicyclic) bond motifs is 2. The van der Waals surface area contributed by atoms with Gasteiger partial charge in [-0.3, -0.25) is 0 Å². The molecule has 2 heterocycles. The average Bonchev–Trinajstić information content (AvgIpc) is 3.21. The highest BCUT2D eigenvalue weighted by Gasteiger charge is 2.04. The number of hydrogen-bond acceptors (Lipinski definition) is 2. The van der Waals surface area contributed by atoms with E-state index in [-0.39, 0.29) is 0 Å². The van der Waals surface area contributed by atoms with E-state index in [4.69, 9.17) is 0 Å². The monoisotopic (exact) mass is 428 g/mol. The molecule has 0 aliphatic carbocycles. The lowest BCUT2D eigenvalue weighted by Crippen LogP contribution is -1.98. The van der Waals surface area contributed by atoms with E-state index in [2.05, 4.69) is 74.4 Å². The van der Waals surface area contributed by atoms with Crippen LogP contribution >= 0.6 is 15.9 Å². The molecule has 0 aliphatic heterocycles. The Morgan fingerprint density at radius 2 is 1.52 bits per heavy atom. The summed E-state index contributed by atoms with van der Waals surface area (Å²) in [4.78, 5) is 11.9. The van der Waals surface area contributed by atoms with Crippen LogP contribution in [-0.2, 0) is 6.54 Å². The van der Waals surface area contributed by atoms with Gasteiger partial charge in [-0.1, -0.05) is 54.0 Å². The number of nitrogens with zero attached hydrogens (tertiary/aromatic N) is 3. The third-order valence-corrected chi connectivity index (χ3v) is 4.78. The summed E-state index contributed by atoms with van der Waals surface area (Å²) in [5, 5.41) is 1.13. The molecule has 0 fully saturated rings. The fraction of sp³-hybridized carbons (Fsp3) is 0.364. The van der Waals surface area contributed by atoms with Gasteiger partial charge in [0.15, 0.2) is 0 Å². The molecule has 0 atom stereocenters. The van der Waals surface area contributed by atoms with Crippen molar-refractivity contribution in [2.45, 2.75) is 47.1 Å². The van der Waals surface area contributed by atoms with Crippen LogP contribution in [0.2, 0.25) is 0 Å². The van der Waals surface area contributed by atoms with Crippen molar-refractivity contribution in [3.8, 4) is 0 Å². The first-order valence-corrected chi connectivity index (χ1v) is 10.6. The SMILES string of the molecule is CCCBr.CCCn1c(C)nc2ccccc21.Cc1nc2ccccc2[nH]1. The van der Waals surface area contributed by atoms with E-state index < -0.39 is 0 Å². The van der Waals surface area contributed by atoms with Gasteiger partial charge in [0.25, 0.3) is 0 Å². The van der Waals surface area contributed by atoms with Gasteiger partial charge in [0.1, 0.15) is 11.6 Å². The first kappa shape index (κ1) is 21.2. The van der Waals surface area contributed by atoms with E-state index in [1.54, 1.807) is 0 Å². The molecule has 5 heteroatoms. The molecule has 0 unspecified atom stereocenters. The van der Waals surface area contributed by atoms with Gasteiger partial charge in [-0.2, -0.15) is 0 Å². The average molecular weight is 429 g/mol. The van der Waals surface area contributed by atoms with Crippen LogP contribution in [0.25, 0.3) is 22.1 Å². The zero-order valence-corrected chi connectivity index (χ0v) is 18.3.